The van der Waals surface area contributed by atoms with Gasteiger partial charge in [0.05, 0.1) is 40.3 Å². The van der Waals surface area contributed by atoms with E-state index in [1.807, 2.05) is 0 Å². The minimum atomic E-state index is -3.76. The van der Waals surface area contributed by atoms with Gasteiger partial charge in [0.2, 0.25) is 10.0 Å². The zero-order valence-corrected chi connectivity index (χ0v) is 17.9. The normalized spacial score (nSPS) is 11.5. The molecule has 2 aromatic carbocycles. The first kappa shape index (κ1) is 22.3. The highest BCUT2D eigenvalue weighted by atomic mass is 35.5. The molecule has 0 aliphatic heterocycles. The molecule has 2 rings (SSSR count). The van der Waals surface area contributed by atoms with Crippen LogP contribution in [0.3, 0.4) is 0 Å². The second-order valence-corrected chi connectivity index (χ2v) is 8.65. The second-order valence-electron chi connectivity index (χ2n) is 5.52. The Balaban J connectivity index is 2.16. The number of methoxy groups -OCH3 is 1. The third-order valence-electron chi connectivity index (χ3n) is 3.49. The van der Waals surface area contributed by atoms with Gasteiger partial charge in [-0.15, -0.1) is 0 Å². The van der Waals surface area contributed by atoms with E-state index in [1.54, 1.807) is 18.2 Å². The number of amides is 1. The summed E-state index contributed by atoms with van der Waals surface area (Å²) in [4.78, 5) is 12.2. The lowest BCUT2D eigenvalue weighted by molar-refractivity contribution is -0.119. The number of anilines is 1. The molecule has 0 saturated heterocycles. The van der Waals surface area contributed by atoms with E-state index in [0.29, 0.717) is 21.4 Å². The van der Waals surface area contributed by atoms with Crippen molar-refractivity contribution in [2.24, 2.45) is 5.10 Å². The fraction of sp³-hybridized carbons (Fsp3) is 0.176. The molecule has 0 atom stereocenters. The Hall–Kier alpha value is -2.00. The highest BCUT2D eigenvalue weighted by Crippen LogP contribution is 2.30. The molecule has 7 nitrogen and oxygen atoms in total. The molecule has 1 N–H and O–H groups in total. The Kier molecular flexibility index (Phi) is 7.54. The number of nitrogens with one attached hydrogen (secondary N) is 1. The van der Waals surface area contributed by atoms with Gasteiger partial charge in [0, 0.05) is 5.56 Å². The first-order chi connectivity index (χ1) is 13.1. The van der Waals surface area contributed by atoms with Crippen LogP contribution in [0.5, 0.6) is 5.75 Å². The molecule has 1 amide bonds. The molecule has 0 heterocycles. The third-order valence-corrected chi connectivity index (χ3v) is 5.59. The summed E-state index contributed by atoms with van der Waals surface area (Å²) in [6.07, 6.45) is 2.25. The van der Waals surface area contributed by atoms with Gasteiger partial charge in [-0.1, -0.05) is 40.9 Å². The van der Waals surface area contributed by atoms with E-state index in [4.69, 9.17) is 39.5 Å². The number of sulfonamides is 1. The van der Waals surface area contributed by atoms with Gasteiger partial charge >= 0.3 is 0 Å². The number of hydrogen-bond acceptors (Lipinski definition) is 5. The van der Waals surface area contributed by atoms with Crippen LogP contribution in [0.25, 0.3) is 0 Å². The number of carbonyl (C=O) groups is 1. The van der Waals surface area contributed by atoms with Crippen molar-refractivity contribution in [3.8, 4) is 5.75 Å². The number of halogens is 3. The number of hydrazone groups is 1. The molecule has 0 saturated carbocycles. The van der Waals surface area contributed by atoms with Gasteiger partial charge in [0.15, 0.2) is 0 Å². The largest absolute Gasteiger partial charge is 0.495 e. The van der Waals surface area contributed by atoms with Crippen molar-refractivity contribution in [1.29, 1.82) is 0 Å². The summed E-state index contributed by atoms with van der Waals surface area (Å²) >= 11 is 18.1. The first-order valence-electron chi connectivity index (χ1n) is 7.70. The van der Waals surface area contributed by atoms with Crippen molar-refractivity contribution in [2.45, 2.75) is 0 Å². The van der Waals surface area contributed by atoms with Crippen LogP contribution in [-0.4, -0.2) is 40.4 Å². The lowest BCUT2D eigenvalue weighted by atomic mass is 10.2. The molecule has 0 spiro atoms. The Morgan fingerprint density at radius 1 is 1.18 bits per heavy atom. The van der Waals surface area contributed by atoms with Crippen LogP contribution in [0.1, 0.15) is 5.56 Å². The minimum absolute atomic E-state index is 0.209. The molecule has 0 fully saturated rings. The van der Waals surface area contributed by atoms with Crippen molar-refractivity contribution in [1.82, 2.24) is 5.43 Å². The predicted octanol–water partition coefficient (Wildman–Crippen LogP) is 3.57. The van der Waals surface area contributed by atoms with Gasteiger partial charge in [-0.25, -0.2) is 13.8 Å². The predicted molar refractivity (Wildman–Crippen MR) is 112 cm³/mol. The fourth-order valence-corrected chi connectivity index (χ4v) is 3.77. The summed E-state index contributed by atoms with van der Waals surface area (Å²) in [7, 11) is -2.32. The SMILES string of the molecule is COc1ccc(N(CC(=O)N/N=C\c2c(Cl)cccc2Cl)S(C)(=O)=O)cc1Cl. The average Bonchev–Trinajstić information content (AvgIpc) is 2.61. The van der Waals surface area contributed by atoms with Crippen LogP contribution in [-0.2, 0) is 14.8 Å². The van der Waals surface area contributed by atoms with E-state index in [1.165, 1.54) is 31.5 Å². The van der Waals surface area contributed by atoms with Crippen LogP contribution in [0.2, 0.25) is 15.1 Å². The molecule has 0 aromatic heterocycles. The van der Waals surface area contributed by atoms with E-state index in [2.05, 4.69) is 10.5 Å². The molecule has 28 heavy (non-hydrogen) atoms. The van der Waals surface area contributed by atoms with Crippen molar-refractivity contribution in [3.05, 3.63) is 57.0 Å². The van der Waals surface area contributed by atoms with Gasteiger partial charge in [-0.05, 0) is 30.3 Å². The summed E-state index contributed by atoms with van der Waals surface area (Å²) < 4.78 is 30.2. The van der Waals surface area contributed by atoms with Gasteiger partial charge in [-0.3, -0.25) is 9.10 Å². The second kappa shape index (κ2) is 9.47. The van der Waals surface area contributed by atoms with E-state index in [9.17, 15) is 13.2 Å². The lowest BCUT2D eigenvalue weighted by Gasteiger charge is -2.22. The minimum Gasteiger partial charge on any atom is -0.495 e. The van der Waals surface area contributed by atoms with E-state index in [-0.39, 0.29) is 10.7 Å². The molecule has 0 unspecified atom stereocenters. The quantitative estimate of drug-likeness (QED) is 0.501. The van der Waals surface area contributed by atoms with Gasteiger partial charge in [0.25, 0.3) is 5.91 Å². The molecular formula is C17H16Cl3N3O4S. The van der Waals surface area contributed by atoms with Crippen LogP contribution in [0, 0.1) is 0 Å². The number of nitrogens with zero attached hydrogens (tertiary/aromatic N) is 2. The van der Waals surface area contributed by atoms with Crippen LogP contribution in [0.4, 0.5) is 5.69 Å². The maximum Gasteiger partial charge on any atom is 0.260 e. The average molecular weight is 465 g/mol. The van der Waals surface area contributed by atoms with Crippen LogP contribution in [0.15, 0.2) is 41.5 Å². The molecular weight excluding hydrogens is 449 g/mol. The smallest absolute Gasteiger partial charge is 0.260 e. The van der Waals surface area contributed by atoms with Crippen LogP contribution < -0.4 is 14.5 Å². The zero-order valence-electron chi connectivity index (χ0n) is 14.8. The topological polar surface area (TPSA) is 88.1 Å². The van der Waals surface area contributed by atoms with Gasteiger partial charge < -0.3 is 4.74 Å². The van der Waals surface area contributed by atoms with E-state index >= 15 is 0 Å². The Morgan fingerprint density at radius 3 is 2.36 bits per heavy atom. The van der Waals surface area contributed by atoms with E-state index < -0.39 is 22.5 Å². The maximum atomic E-state index is 12.2. The molecule has 0 radical (unpaired) electrons. The van der Waals surface area contributed by atoms with E-state index in [0.717, 1.165) is 10.6 Å². The number of benzene rings is 2. The number of carbonyl (C=O) groups excluding carboxylic acids is 1. The highest BCUT2D eigenvalue weighted by molar-refractivity contribution is 7.92. The summed E-state index contributed by atoms with van der Waals surface area (Å²) in [5, 5.41) is 4.70. The van der Waals surface area contributed by atoms with Gasteiger partial charge in [-0.2, -0.15) is 5.10 Å². The first-order valence-corrected chi connectivity index (χ1v) is 10.7. The van der Waals surface area contributed by atoms with Crippen LogP contribution >= 0.6 is 34.8 Å². The van der Waals surface area contributed by atoms with Crippen molar-refractivity contribution in [3.63, 3.8) is 0 Å². The summed E-state index contributed by atoms with van der Waals surface area (Å²) in [6.45, 7) is -0.505. The number of ether oxygens (including phenoxy) is 1. The highest BCUT2D eigenvalue weighted by Gasteiger charge is 2.21. The maximum absolute atomic E-state index is 12.2. The Morgan fingerprint density at radius 2 is 1.82 bits per heavy atom. The standard InChI is InChI=1S/C17H16Cl3N3O4S/c1-27-16-7-6-11(8-15(16)20)23(28(2,25)26)10-17(24)22-21-9-12-13(18)4-3-5-14(12)19/h3-9H,10H2,1-2H3,(H,22,24)/b21-9-. The molecule has 0 aliphatic rings. The molecule has 11 heteroatoms. The Labute approximate surface area is 177 Å². The summed E-state index contributed by atoms with van der Waals surface area (Å²) in [6, 6.07) is 9.29. The summed E-state index contributed by atoms with van der Waals surface area (Å²) in [5.74, 6) is -0.290. The third kappa shape index (κ3) is 5.75. The molecule has 0 aliphatic carbocycles. The number of hydrogen-bond donors (Lipinski definition) is 1. The van der Waals surface area contributed by atoms with Crippen molar-refractivity contribution >= 4 is 62.6 Å². The number of rotatable bonds is 7. The van der Waals surface area contributed by atoms with Crippen molar-refractivity contribution < 1.29 is 17.9 Å². The molecule has 150 valence electrons. The monoisotopic (exact) mass is 463 g/mol. The van der Waals surface area contributed by atoms with Gasteiger partial charge in [0.1, 0.15) is 12.3 Å². The van der Waals surface area contributed by atoms with Crippen molar-refractivity contribution in [2.75, 3.05) is 24.2 Å². The lowest BCUT2D eigenvalue weighted by Crippen LogP contribution is -2.39. The zero-order chi connectivity index (χ0) is 20.9. The molecule has 0 bridgehead atoms. The Bertz CT molecular complexity index is 992. The molecule has 2 aromatic rings. The summed E-state index contributed by atoms with van der Waals surface area (Å²) in [5.41, 5.74) is 2.88. The fourth-order valence-electron chi connectivity index (χ4n) is 2.18.